The summed E-state index contributed by atoms with van der Waals surface area (Å²) in [7, 11) is 1.85. The van der Waals surface area contributed by atoms with Gasteiger partial charge in [-0.05, 0) is 13.0 Å². The van der Waals surface area contributed by atoms with E-state index in [9.17, 15) is 10.1 Å². The molecule has 2 heterocycles. The highest BCUT2D eigenvalue weighted by Crippen LogP contribution is 2.29. The van der Waals surface area contributed by atoms with E-state index in [4.69, 9.17) is 0 Å². The van der Waals surface area contributed by atoms with Crippen molar-refractivity contribution in [3.05, 3.63) is 27.9 Å². The molecule has 0 saturated carbocycles. The summed E-state index contributed by atoms with van der Waals surface area (Å²) in [4.78, 5) is 16.6. The number of nitro groups is 1. The van der Waals surface area contributed by atoms with Crippen molar-refractivity contribution in [2.75, 3.05) is 25.0 Å². The maximum atomic E-state index is 11.0. The first-order valence-corrected chi connectivity index (χ1v) is 5.15. The number of rotatable bonds is 3. The van der Waals surface area contributed by atoms with Crippen LogP contribution in [0, 0.1) is 17.0 Å². The van der Waals surface area contributed by atoms with Crippen LogP contribution in [0.25, 0.3) is 0 Å². The molecule has 0 amide bonds. The van der Waals surface area contributed by atoms with E-state index in [1.54, 1.807) is 19.2 Å². The Bertz CT molecular complexity index is 417. The third-order valence-corrected chi connectivity index (χ3v) is 2.93. The largest absolute Gasteiger partial charge is 0.348 e. The Hall–Kier alpha value is -1.69. The van der Waals surface area contributed by atoms with Crippen molar-refractivity contribution >= 4 is 11.5 Å². The van der Waals surface area contributed by atoms with Crippen LogP contribution in [0.15, 0.2) is 12.3 Å². The highest BCUT2D eigenvalue weighted by molar-refractivity contribution is 5.61. The van der Waals surface area contributed by atoms with Crippen LogP contribution in [-0.4, -0.2) is 36.1 Å². The molecule has 6 nitrogen and oxygen atoms in total. The zero-order chi connectivity index (χ0) is 11.7. The topological polar surface area (TPSA) is 71.3 Å². The molecule has 86 valence electrons. The monoisotopic (exact) mass is 222 g/mol. The fraction of sp³-hybridized carbons (Fsp3) is 0.500. The Balaban J connectivity index is 2.38. The van der Waals surface area contributed by atoms with Gasteiger partial charge in [-0.1, -0.05) is 0 Å². The van der Waals surface area contributed by atoms with Crippen molar-refractivity contribution in [3.8, 4) is 0 Å². The summed E-state index contributed by atoms with van der Waals surface area (Å²) in [6.07, 6.45) is 1.61. The molecule has 0 aromatic carbocycles. The number of nitrogens with zero attached hydrogens (tertiary/aromatic N) is 3. The molecule has 1 aliphatic heterocycles. The number of hydrogen-bond donors (Lipinski definition) is 1. The standard InChI is InChI=1S/C10H14N4O2/c1-7-3-4-12-10(9(7)14(15)16)13(2)8-5-11-6-8/h3-4,8,11H,5-6H2,1-2H3. The number of aryl methyl sites for hydroxylation is 1. The maximum Gasteiger partial charge on any atom is 0.314 e. The van der Waals surface area contributed by atoms with Gasteiger partial charge in [0, 0.05) is 31.9 Å². The minimum atomic E-state index is -0.361. The average Bonchev–Trinajstić information content (AvgIpc) is 2.13. The van der Waals surface area contributed by atoms with E-state index in [1.165, 1.54) is 0 Å². The molecule has 1 aromatic heterocycles. The van der Waals surface area contributed by atoms with Gasteiger partial charge in [-0.15, -0.1) is 0 Å². The third-order valence-electron chi connectivity index (χ3n) is 2.93. The van der Waals surface area contributed by atoms with Crippen molar-refractivity contribution in [2.24, 2.45) is 0 Å². The van der Waals surface area contributed by atoms with Crippen molar-refractivity contribution in [2.45, 2.75) is 13.0 Å². The van der Waals surface area contributed by atoms with E-state index >= 15 is 0 Å². The highest BCUT2D eigenvalue weighted by atomic mass is 16.6. The van der Waals surface area contributed by atoms with Crippen molar-refractivity contribution in [1.29, 1.82) is 0 Å². The van der Waals surface area contributed by atoms with Gasteiger partial charge >= 0.3 is 5.69 Å². The number of aromatic nitrogens is 1. The molecule has 0 aliphatic carbocycles. The van der Waals surface area contributed by atoms with E-state index in [0.717, 1.165) is 13.1 Å². The van der Waals surface area contributed by atoms with Crippen molar-refractivity contribution in [1.82, 2.24) is 10.3 Å². The summed E-state index contributed by atoms with van der Waals surface area (Å²) in [5, 5.41) is 14.1. The second-order valence-corrected chi connectivity index (χ2v) is 3.98. The Labute approximate surface area is 93.4 Å². The molecule has 0 radical (unpaired) electrons. The first kappa shape index (κ1) is 10.8. The molecule has 1 fully saturated rings. The van der Waals surface area contributed by atoms with Gasteiger partial charge in [0.15, 0.2) is 0 Å². The summed E-state index contributed by atoms with van der Waals surface area (Å²) < 4.78 is 0. The normalized spacial score (nSPS) is 15.6. The molecule has 1 aromatic rings. The summed E-state index contributed by atoms with van der Waals surface area (Å²) in [6.45, 7) is 3.43. The predicted octanol–water partition coefficient (Wildman–Crippen LogP) is 0.706. The Morgan fingerprint density at radius 3 is 2.81 bits per heavy atom. The molecule has 0 atom stereocenters. The van der Waals surface area contributed by atoms with E-state index < -0.39 is 0 Å². The number of pyridine rings is 1. The van der Waals surface area contributed by atoms with Crippen LogP contribution in [-0.2, 0) is 0 Å². The molecule has 6 heteroatoms. The summed E-state index contributed by atoms with van der Waals surface area (Å²) in [5.74, 6) is 0.455. The van der Waals surface area contributed by atoms with Gasteiger partial charge in [0.25, 0.3) is 0 Å². The Morgan fingerprint density at radius 1 is 1.62 bits per heavy atom. The zero-order valence-electron chi connectivity index (χ0n) is 9.30. The SMILES string of the molecule is Cc1ccnc(N(C)C2CNC2)c1[N+](=O)[O-]. The molecule has 0 spiro atoms. The number of anilines is 1. The minimum Gasteiger partial charge on any atom is -0.348 e. The van der Waals surface area contributed by atoms with Crippen LogP contribution in [0.2, 0.25) is 0 Å². The van der Waals surface area contributed by atoms with Crippen LogP contribution < -0.4 is 10.2 Å². The lowest BCUT2D eigenvalue weighted by Gasteiger charge is -2.36. The molecule has 0 unspecified atom stereocenters. The van der Waals surface area contributed by atoms with E-state index in [-0.39, 0.29) is 10.6 Å². The molecular weight excluding hydrogens is 208 g/mol. The van der Waals surface area contributed by atoms with Crippen molar-refractivity contribution in [3.63, 3.8) is 0 Å². The van der Waals surface area contributed by atoms with E-state index in [2.05, 4.69) is 10.3 Å². The fourth-order valence-corrected chi connectivity index (χ4v) is 1.74. The molecule has 2 rings (SSSR count). The minimum absolute atomic E-state index is 0.108. The predicted molar refractivity (Wildman–Crippen MR) is 60.7 cm³/mol. The first-order valence-electron chi connectivity index (χ1n) is 5.15. The Morgan fingerprint density at radius 2 is 2.31 bits per heavy atom. The number of hydrogen-bond acceptors (Lipinski definition) is 5. The Kier molecular flexibility index (Phi) is 2.74. The summed E-state index contributed by atoms with van der Waals surface area (Å²) >= 11 is 0. The molecule has 0 bridgehead atoms. The first-order chi connectivity index (χ1) is 7.61. The molecule has 1 saturated heterocycles. The van der Waals surface area contributed by atoms with Crippen LogP contribution in [0.1, 0.15) is 5.56 Å². The maximum absolute atomic E-state index is 11.0. The third kappa shape index (κ3) is 1.71. The summed E-state index contributed by atoms with van der Waals surface area (Å²) in [6, 6.07) is 1.96. The van der Waals surface area contributed by atoms with Gasteiger partial charge in [-0.3, -0.25) is 10.1 Å². The van der Waals surface area contributed by atoms with Gasteiger partial charge in [0.05, 0.1) is 11.0 Å². The number of likely N-dealkylation sites (N-methyl/N-ethyl adjacent to an activating group) is 1. The number of nitrogens with one attached hydrogen (secondary N) is 1. The zero-order valence-corrected chi connectivity index (χ0v) is 9.30. The average molecular weight is 222 g/mol. The van der Waals surface area contributed by atoms with Gasteiger partial charge < -0.3 is 10.2 Å². The smallest absolute Gasteiger partial charge is 0.314 e. The lowest BCUT2D eigenvalue weighted by molar-refractivity contribution is -0.384. The second-order valence-electron chi connectivity index (χ2n) is 3.98. The fourth-order valence-electron chi connectivity index (χ4n) is 1.74. The molecular formula is C10H14N4O2. The summed E-state index contributed by atoms with van der Waals surface area (Å²) in [5.41, 5.74) is 0.756. The molecule has 16 heavy (non-hydrogen) atoms. The second kappa shape index (κ2) is 4.05. The van der Waals surface area contributed by atoms with Crippen LogP contribution in [0.5, 0.6) is 0 Å². The van der Waals surface area contributed by atoms with Crippen molar-refractivity contribution < 1.29 is 4.92 Å². The van der Waals surface area contributed by atoms with Crippen LogP contribution >= 0.6 is 0 Å². The quantitative estimate of drug-likeness (QED) is 0.602. The van der Waals surface area contributed by atoms with Gasteiger partial charge in [-0.25, -0.2) is 4.98 Å². The van der Waals surface area contributed by atoms with Crippen LogP contribution in [0.3, 0.4) is 0 Å². The van der Waals surface area contributed by atoms with Gasteiger partial charge in [0.1, 0.15) is 0 Å². The molecule has 1 aliphatic rings. The molecule has 1 N–H and O–H groups in total. The highest BCUT2D eigenvalue weighted by Gasteiger charge is 2.28. The van der Waals surface area contributed by atoms with E-state index in [0.29, 0.717) is 17.4 Å². The lowest BCUT2D eigenvalue weighted by atomic mass is 10.1. The van der Waals surface area contributed by atoms with E-state index in [1.807, 2.05) is 11.9 Å². The van der Waals surface area contributed by atoms with Crippen LogP contribution in [0.4, 0.5) is 11.5 Å². The lowest BCUT2D eigenvalue weighted by Crippen LogP contribution is -2.56. The van der Waals surface area contributed by atoms with Gasteiger partial charge in [0.2, 0.25) is 5.82 Å². The van der Waals surface area contributed by atoms with Gasteiger partial charge in [-0.2, -0.15) is 0 Å².